The Morgan fingerprint density at radius 1 is 1.50 bits per heavy atom. The van der Waals surface area contributed by atoms with Gasteiger partial charge in [-0.05, 0) is 25.8 Å². The Morgan fingerprint density at radius 3 is 3.00 bits per heavy atom. The van der Waals surface area contributed by atoms with E-state index < -0.39 is 0 Å². The second-order valence-corrected chi connectivity index (χ2v) is 5.88. The van der Waals surface area contributed by atoms with Crippen LogP contribution in [0.4, 0.5) is 0 Å². The van der Waals surface area contributed by atoms with E-state index in [4.69, 9.17) is 0 Å². The first-order valence-electron chi connectivity index (χ1n) is 7.62. The molecular formula is C14H26N4O2. The molecule has 0 bridgehead atoms. The van der Waals surface area contributed by atoms with Gasteiger partial charge in [-0.3, -0.25) is 19.9 Å². The number of amides is 2. The summed E-state index contributed by atoms with van der Waals surface area (Å²) < 4.78 is 0. The Kier molecular flexibility index (Phi) is 5.37. The van der Waals surface area contributed by atoms with Gasteiger partial charge in [-0.1, -0.05) is 6.92 Å². The Balaban J connectivity index is 1.90. The summed E-state index contributed by atoms with van der Waals surface area (Å²) in [6, 6.07) is 0.218. The molecule has 114 valence electrons. The van der Waals surface area contributed by atoms with E-state index in [-0.39, 0.29) is 23.8 Å². The molecule has 20 heavy (non-hydrogen) atoms. The maximum Gasteiger partial charge on any atom is 0.235 e. The summed E-state index contributed by atoms with van der Waals surface area (Å²) in [5.41, 5.74) is 5.56. The molecule has 0 saturated carbocycles. The second-order valence-electron chi connectivity index (χ2n) is 5.88. The zero-order valence-electron chi connectivity index (χ0n) is 12.5. The van der Waals surface area contributed by atoms with Crippen molar-refractivity contribution in [1.29, 1.82) is 0 Å². The number of hydrazine groups is 1. The number of likely N-dealkylation sites (tertiary alicyclic amines) is 1. The minimum Gasteiger partial charge on any atom is -0.345 e. The molecule has 2 aliphatic heterocycles. The van der Waals surface area contributed by atoms with E-state index in [0.717, 1.165) is 45.4 Å². The predicted molar refractivity (Wildman–Crippen MR) is 76.8 cm³/mol. The van der Waals surface area contributed by atoms with Crippen LogP contribution < -0.4 is 10.9 Å². The number of nitrogens with one attached hydrogen (secondary N) is 2. The van der Waals surface area contributed by atoms with Crippen molar-refractivity contribution in [2.45, 2.75) is 38.6 Å². The van der Waals surface area contributed by atoms with Crippen LogP contribution in [0.15, 0.2) is 0 Å². The average molecular weight is 282 g/mol. The van der Waals surface area contributed by atoms with Crippen molar-refractivity contribution in [3.8, 4) is 0 Å². The van der Waals surface area contributed by atoms with E-state index in [1.807, 2.05) is 11.9 Å². The van der Waals surface area contributed by atoms with Crippen molar-refractivity contribution in [2.75, 3.05) is 33.2 Å². The molecule has 6 heteroatoms. The van der Waals surface area contributed by atoms with Gasteiger partial charge in [0.25, 0.3) is 0 Å². The summed E-state index contributed by atoms with van der Waals surface area (Å²) in [7, 11) is 1.89. The third-order valence-corrected chi connectivity index (χ3v) is 4.24. The predicted octanol–water partition coefficient (Wildman–Crippen LogP) is -0.0401. The van der Waals surface area contributed by atoms with E-state index in [1.54, 1.807) is 0 Å². The van der Waals surface area contributed by atoms with Crippen LogP contribution in [-0.2, 0) is 9.59 Å². The van der Waals surface area contributed by atoms with Gasteiger partial charge >= 0.3 is 0 Å². The van der Waals surface area contributed by atoms with Gasteiger partial charge in [0.2, 0.25) is 11.8 Å². The largest absolute Gasteiger partial charge is 0.345 e. The quantitative estimate of drug-likeness (QED) is 0.759. The zero-order chi connectivity index (χ0) is 14.5. The summed E-state index contributed by atoms with van der Waals surface area (Å²) in [6.45, 7) is 5.44. The van der Waals surface area contributed by atoms with Crippen LogP contribution in [0.1, 0.15) is 32.6 Å². The second kappa shape index (κ2) is 7.04. The third-order valence-electron chi connectivity index (χ3n) is 4.24. The first-order chi connectivity index (χ1) is 9.61. The molecule has 0 aromatic rings. The SMILES string of the molecule is CCCN(C)C(=O)C1CCCN(C2CNNC(=O)C2)C1. The van der Waals surface area contributed by atoms with Gasteiger partial charge in [-0.15, -0.1) is 0 Å². The van der Waals surface area contributed by atoms with E-state index in [0.29, 0.717) is 6.42 Å². The number of piperidine rings is 1. The molecular weight excluding hydrogens is 256 g/mol. The monoisotopic (exact) mass is 282 g/mol. The lowest BCUT2D eigenvalue weighted by molar-refractivity contribution is -0.136. The number of hydrogen-bond acceptors (Lipinski definition) is 4. The molecule has 0 aliphatic carbocycles. The van der Waals surface area contributed by atoms with Crippen LogP contribution in [0, 0.1) is 5.92 Å². The zero-order valence-corrected chi connectivity index (χ0v) is 12.5. The minimum absolute atomic E-state index is 0.0396. The summed E-state index contributed by atoms with van der Waals surface area (Å²) in [5, 5.41) is 0. The molecule has 2 rings (SSSR count). The van der Waals surface area contributed by atoms with Crippen molar-refractivity contribution < 1.29 is 9.59 Å². The highest BCUT2D eigenvalue weighted by Gasteiger charge is 2.32. The summed E-state index contributed by atoms with van der Waals surface area (Å²) in [5.74, 6) is 0.382. The maximum atomic E-state index is 12.4. The summed E-state index contributed by atoms with van der Waals surface area (Å²) in [6.07, 6.45) is 3.52. The number of carbonyl (C=O) groups excluding carboxylic acids is 2. The van der Waals surface area contributed by atoms with Gasteiger partial charge in [0.05, 0.1) is 5.92 Å². The highest BCUT2D eigenvalue weighted by atomic mass is 16.2. The smallest absolute Gasteiger partial charge is 0.235 e. The van der Waals surface area contributed by atoms with E-state index in [9.17, 15) is 9.59 Å². The standard InChI is InChI=1S/C14H26N4O2/c1-3-6-17(2)14(20)11-5-4-7-18(10-11)12-8-13(19)16-15-9-12/h11-12,15H,3-10H2,1-2H3,(H,16,19). The van der Waals surface area contributed by atoms with Crippen LogP contribution in [0.5, 0.6) is 0 Å². The molecule has 2 fully saturated rings. The Bertz CT molecular complexity index is 361. The maximum absolute atomic E-state index is 12.4. The van der Waals surface area contributed by atoms with Gasteiger partial charge < -0.3 is 4.90 Å². The first kappa shape index (κ1) is 15.3. The lowest BCUT2D eigenvalue weighted by atomic mass is 9.94. The molecule has 2 saturated heterocycles. The number of nitrogens with zero attached hydrogens (tertiary/aromatic N) is 2. The molecule has 6 nitrogen and oxygen atoms in total. The van der Waals surface area contributed by atoms with Gasteiger partial charge in [0, 0.05) is 39.1 Å². The fourth-order valence-corrected chi connectivity index (χ4v) is 3.16. The molecule has 0 spiro atoms. The van der Waals surface area contributed by atoms with E-state index >= 15 is 0 Å². The number of carbonyl (C=O) groups is 2. The van der Waals surface area contributed by atoms with Crippen LogP contribution >= 0.6 is 0 Å². The number of hydrogen-bond donors (Lipinski definition) is 2. The highest BCUT2D eigenvalue weighted by molar-refractivity contribution is 5.79. The number of rotatable bonds is 4. The Hall–Kier alpha value is -1.14. The van der Waals surface area contributed by atoms with Gasteiger partial charge in [-0.2, -0.15) is 0 Å². The Labute approximate surface area is 120 Å². The van der Waals surface area contributed by atoms with Crippen LogP contribution in [0.25, 0.3) is 0 Å². The molecule has 0 radical (unpaired) electrons. The van der Waals surface area contributed by atoms with Crippen molar-refractivity contribution in [3.63, 3.8) is 0 Å². The minimum atomic E-state index is 0.0396. The van der Waals surface area contributed by atoms with Gasteiger partial charge in [0.1, 0.15) is 0 Å². The third kappa shape index (κ3) is 3.70. The fourth-order valence-electron chi connectivity index (χ4n) is 3.16. The fraction of sp³-hybridized carbons (Fsp3) is 0.857. The normalized spacial score (nSPS) is 28.0. The summed E-state index contributed by atoms with van der Waals surface area (Å²) in [4.78, 5) is 28.0. The molecule has 2 unspecified atom stereocenters. The van der Waals surface area contributed by atoms with Crippen molar-refractivity contribution in [3.05, 3.63) is 0 Å². The highest BCUT2D eigenvalue weighted by Crippen LogP contribution is 2.22. The van der Waals surface area contributed by atoms with Gasteiger partial charge in [-0.25, -0.2) is 5.43 Å². The van der Waals surface area contributed by atoms with Crippen molar-refractivity contribution in [1.82, 2.24) is 20.7 Å². The molecule has 0 aromatic heterocycles. The molecule has 2 amide bonds. The first-order valence-corrected chi connectivity index (χ1v) is 7.62. The average Bonchev–Trinajstić information content (AvgIpc) is 2.47. The molecule has 0 aromatic carbocycles. The molecule has 2 heterocycles. The van der Waals surface area contributed by atoms with E-state index in [2.05, 4.69) is 22.7 Å². The molecule has 2 N–H and O–H groups in total. The van der Waals surface area contributed by atoms with Gasteiger partial charge in [0.15, 0.2) is 0 Å². The lowest BCUT2D eigenvalue weighted by Gasteiger charge is -2.40. The van der Waals surface area contributed by atoms with Crippen molar-refractivity contribution in [2.24, 2.45) is 5.92 Å². The summed E-state index contributed by atoms with van der Waals surface area (Å²) >= 11 is 0. The van der Waals surface area contributed by atoms with Crippen molar-refractivity contribution >= 4 is 11.8 Å². The van der Waals surface area contributed by atoms with Crippen LogP contribution in [0.3, 0.4) is 0 Å². The molecule has 2 atom stereocenters. The topological polar surface area (TPSA) is 64.7 Å². The lowest BCUT2D eigenvalue weighted by Crippen LogP contribution is -2.57. The molecule has 2 aliphatic rings. The Morgan fingerprint density at radius 2 is 2.30 bits per heavy atom. The van der Waals surface area contributed by atoms with Crippen LogP contribution in [-0.4, -0.2) is 60.9 Å². The van der Waals surface area contributed by atoms with E-state index in [1.165, 1.54) is 0 Å². The van der Waals surface area contributed by atoms with Crippen LogP contribution in [0.2, 0.25) is 0 Å².